The van der Waals surface area contributed by atoms with Crippen molar-refractivity contribution in [2.24, 2.45) is 0 Å². The normalized spacial score (nSPS) is 23.5. The molecule has 16 heavy (non-hydrogen) atoms. The molecule has 1 aromatic carbocycles. The van der Waals surface area contributed by atoms with E-state index in [2.05, 4.69) is 0 Å². The first-order valence-electron chi connectivity index (χ1n) is 4.87. The third-order valence-electron chi connectivity index (χ3n) is 2.86. The average molecular weight is 254 g/mol. The van der Waals surface area contributed by atoms with E-state index >= 15 is 0 Å². The second-order valence-electron chi connectivity index (χ2n) is 3.87. The fourth-order valence-electron chi connectivity index (χ4n) is 1.96. The Kier molecular flexibility index (Phi) is 4.95. The molecule has 0 heterocycles. The smallest absolute Gasteiger partial charge is 0.496 e. The molecule has 1 aliphatic rings. The molecule has 1 saturated carbocycles. The molecule has 1 nitrogen and oxygen atoms in total. The van der Waals surface area contributed by atoms with E-state index in [1.54, 1.807) is 24.3 Å². The fourth-order valence-corrected chi connectivity index (χ4v) is 1.96. The zero-order chi connectivity index (χ0) is 11.1. The van der Waals surface area contributed by atoms with Crippen LogP contribution < -0.4 is 56.1 Å². The molecule has 82 valence electrons. The van der Waals surface area contributed by atoms with E-state index in [0.717, 1.165) is 0 Å². The van der Waals surface area contributed by atoms with E-state index in [1.165, 1.54) is 7.11 Å². The van der Waals surface area contributed by atoms with Crippen molar-refractivity contribution in [2.75, 3.05) is 7.11 Å². The Morgan fingerprint density at radius 1 is 1.25 bits per heavy atom. The van der Waals surface area contributed by atoms with Gasteiger partial charge in [-0.3, -0.25) is 0 Å². The number of para-hydroxylation sites is 1. The molecule has 0 amide bonds. The minimum absolute atomic E-state index is 0. The predicted molar refractivity (Wildman–Crippen MR) is 53.2 cm³/mol. The standard InChI is InChI=1S/C10H11BF3O.K/c1-15-10-5-3-2-4-7(10)8-6-9(8)11(12,13)14;/h2-5,8-9H,6H2,1H3;/q-1;+1/t8-,9+;/m0./s1. The summed E-state index contributed by atoms with van der Waals surface area (Å²) in [6.07, 6.45) is 0.212. The summed E-state index contributed by atoms with van der Waals surface area (Å²) in [5, 5.41) is 0. The Bertz CT molecular complexity index is 369. The first-order chi connectivity index (χ1) is 7.04. The molecule has 0 aliphatic heterocycles. The van der Waals surface area contributed by atoms with Crippen molar-refractivity contribution < 1.29 is 69.1 Å². The Morgan fingerprint density at radius 3 is 2.38 bits per heavy atom. The zero-order valence-electron chi connectivity index (χ0n) is 9.29. The van der Waals surface area contributed by atoms with Crippen LogP contribution in [0.15, 0.2) is 24.3 Å². The maximum Gasteiger partial charge on any atom is 1.00 e. The molecule has 2 atom stereocenters. The molecule has 0 radical (unpaired) electrons. The minimum Gasteiger partial charge on any atom is -0.496 e. The molecular weight excluding hydrogens is 243 g/mol. The number of rotatable bonds is 3. The number of benzene rings is 1. The van der Waals surface area contributed by atoms with Crippen LogP contribution in [0.2, 0.25) is 5.82 Å². The van der Waals surface area contributed by atoms with Gasteiger partial charge >= 0.3 is 58.4 Å². The summed E-state index contributed by atoms with van der Waals surface area (Å²) < 4.78 is 42.3. The summed E-state index contributed by atoms with van der Waals surface area (Å²) in [4.78, 5) is 0. The Balaban J connectivity index is 0.00000128. The summed E-state index contributed by atoms with van der Waals surface area (Å²) in [6, 6.07) is 6.93. The quantitative estimate of drug-likeness (QED) is 0.710. The molecule has 2 rings (SSSR count). The van der Waals surface area contributed by atoms with Gasteiger partial charge < -0.3 is 17.7 Å². The third kappa shape index (κ3) is 3.04. The molecule has 0 N–H and O–H groups in total. The minimum atomic E-state index is -4.70. The van der Waals surface area contributed by atoms with Gasteiger partial charge in [0.2, 0.25) is 0 Å². The third-order valence-corrected chi connectivity index (χ3v) is 2.86. The molecule has 0 saturated heterocycles. The second kappa shape index (κ2) is 5.44. The van der Waals surface area contributed by atoms with Crippen molar-refractivity contribution in [2.45, 2.75) is 18.2 Å². The Hall–Kier alpha value is 0.511. The van der Waals surface area contributed by atoms with E-state index in [4.69, 9.17) is 4.74 Å². The predicted octanol–water partition coefficient (Wildman–Crippen LogP) is 0.404. The van der Waals surface area contributed by atoms with Crippen LogP contribution in [0.1, 0.15) is 17.9 Å². The number of methoxy groups -OCH3 is 1. The van der Waals surface area contributed by atoms with Crippen molar-refractivity contribution in [3.63, 3.8) is 0 Å². The molecular formula is C10H11BF3KO. The van der Waals surface area contributed by atoms with Crippen molar-refractivity contribution in [3.8, 4) is 5.75 Å². The summed E-state index contributed by atoms with van der Waals surface area (Å²) >= 11 is 0. The van der Waals surface area contributed by atoms with E-state index in [9.17, 15) is 12.9 Å². The fraction of sp³-hybridized carbons (Fsp3) is 0.400. The zero-order valence-corrected chi connectivity index (χ0v) is 12.4. The van der Waals surface area contributed by atoms with Gasteiger partial charge in [-0.15, -0.1) is 0 Å². The van der Waals surface area contributed by atoms with Crippen LogP contribution in [-0.2, 0) is 0 Å². The van der Waals surface area contributed by atoms with Crippen LogP contribution in [0.5, 0.6) is 5.75 Å². The summed E-state index contributed by atoms with van der Waals surface area (Å²) in [5.74, 6) is -0.951. The van der Waals surface area contributed by atoms with Crippen LogP contribution in [0.4, 0.5) is 12.9 Å². The van der Waals surface area contributed by atoms with Crippen molar-refractivity contribution in [1.82, 2.24) is 0 Å². The van der Waals surface area contributed by atoms with Crippen molar-refractivity contribution >= 4 is 6.98 Å². The molecule has 0 aromatic heterocycles. The maximum atomic E-state index is 12.4. The average Bonchev–Trinajstić information content (AvgIpc) is 2.96. The van der Waals surface area contributed by atoms with Gasteiger partial charge in [-0.05, 0) is 17.5 Å². The number of halogens is 3. The van der Waals surface area contributed by atoms with E-state index in [0.29, 0.717) is 11.3 Å². The summed E-state index contributed by atoms with van der Waals surface area (Å²) in [6.45, 7) is -4.70. The van der Waals surface area contributed by atoms with Crippen LogP contribution in [0, 0.1) is 0 Å². The monoisotopic (exact) mass is 254 g/mol. The number of hydrogen-bond donors (Lipinski definition) is 0. The molecule has 1 aromatic rings. The Labute approximate surface area is 135 Å². The first-order valence-corrected chi connectivity index (χ1v) is 4.87. The van der Waals surface area contributed by atoms with E-state index in [-0.39, 0.29) is 63.7 Å². The number of hydrogen-bond acceptors (Lipinski definition) is 1. The largest absolute Gasteiger partial charge is 1.00 e. The van der Waals surface area contributed by atoms with Crippen LogP contribution >= 0.6 is 0 Å². The molecule has 1 aliphatic carbocycles. The van der Waals surface area contributed by atoms with Crippen LogP contribution in [0.25, 0.3) is 0 Å². The topological polar surface area (TPSA) is 9.23 Å². The van der Waals surface area contributed by atoms with Gasteiger partial charge in [0.25, 0.3) is 0 Å². The molecule has 0 spiro atoms. The van der Waals surface area contributed by atoms with Gasteiger partial charge in [0.1, 0.15) is 5.75 Å². The van der Waals surface area contributed by atoms with Gasteiger partial charge in [-0.25, -0.2) is 0 Å². The van der Waals surface area contributed by atoms with E-state index < -0.39 is 12.8 Å². The second-order valence-corrected chi connectivity index (χ2v) is 3.87. The summed E-state index contributed by atoms with van der Waals surface area (Å²) in [7, 11) is 1.48. The van der Waals surface area contributed by atoms with Crippen LogP contribution in [0.3, 0.4) is 0 Å². The van der Waals surface area contributed by atoms with Gasteiger partial charge in [-0.1, -0.05) is 30.4 Å². The van der Waals surface area contributed by atoms with Gasteiger partial charge in [0.15, 0.2) is 0 Å². The molecule has 0 bridgehead atoms. The van der Waals surface area contributed by atoms with Crippen LogP contribution in [-0.4, -0.2) is 14.1 Å². The van der Waals surface area contributed by atoms with Crippen molar-refractivity contribution in [1.29, 1.82) is 0 Å². The first kappa shape index (κ1) is 14.6. The van der Waals surface area contributed by atoms with Crippen molar-refractivity contribution in [3.05, 3.63) is 29.8 Å². The maximum absolute atomic E-state index is 12.4. The van der Waals surface area contributed by atoms with Gasteiger partial charge in [-0.2, -0.15) is 0 Å². The summed E-state index contributed by atoms with van der Waals surface area (Å²) in [5.41, 5.74) is 0.684. The number of ether oxygens (including phenoxy) is 1. The Morgan fingerprint density at radius 2 is 1.88 bits per heavy atom. The van der Waals surface area contributed by atoms with E-state index in [1.807, 2.05) is 0 Å². The molecule has 0 unspecified atom stereocenters. The molecule has 6 heteroatoms. The molecule has 1 fully saturated rings. The van der Waals surface area contributed by atoms with Gasteiger partial charge in [0.05, 0.1) is 7.11 Å². The van der Waals surface area contributed by atoms with Gasteiger partial charge in [0, 0.05) is 0 Å². The SMILES string of the molecule is COc1ccccc1[C@@H]1C[C@H]1[B-](F)(F)F.[K+].